The SMILES string of the molecule is CN1CCC(=O)NCCOc2ccc(Cl)cc2Nc2ncc(C#N)c(n2)Nc2ccc(cc2)C1. The van der Waals surface area contributed by atoms with Gasteiger partial charge in [-0.25, -0.2) is 4.98 Å². The van der Waals surface area contributed by atoms with Gasteiger partial charge in [-0.3, -0.25) is 4.79 Å². The fraction of sp³-hybridized carbons (Fsp3) is 0.250. The first-order valence-electron chi connectivity index (χ1n) is 10.8. The van der Waals surface area contributed by atoms with Crippen LogP contribution in [-0.2, 0) is 11.3 Å². The number of carbonyl (C=O) groups is 1. The van der Waals surface area contributed by atoms with E-state index in [1.54, 1.807) is 18.2 Å². The molecule has 1 aromatic heterocycles. The van der Waals surface area contributed by atoms with Crippen LogP contribution >= 0.6 is 11.6 Å². The summed E-state index contributed by atoms with van der Waals surface area (Å²) in [4.78, 5) is 23.0. The third kappa shape index (κ3) is 6.13. The maximum absolute atomic E-state index is 12.2. The lowest BCUT2D eigenvalue weighted by Gasteiger charge is -2.18. The first kappa shape index (κ1) is 23.3. The highest BCUT2D eigenvalue weighted by molar-refractivity contribution is 6.31. The van der Waals surface area contributed by atoms with Crippen LogP contribution in [-0.4, -0.2) is 47.5 Å². The summed E-state index contributed by atoms with van der Waals surface area (Å²) in [6, 6.07) is 15.1. The Balaban J connectivity index is 1.65. The smallest absolute Gasteiger partial charge is 0.229 e. The van der Waals surface area contributed by atoms with Crippen molar-refractivity contribution in [2.75, 3.05) is 37.4 Å². The zero-order valence-electron chi connectivity index (χ0n) is 18.6. The van der Waals surface area contributed by atoms with Crippen molar-refractivity contribution in [3.63, 3.8) is 0 Å². The number of fused-ring (bicyclic) bond motifs is 10. The van der Waals surface area contributed by atoms with Crippen molar-refractivity contribution in [2.45, 2.75) is 13.0 Å². The zero-order chi connectivity index (χ0) is 23.9. The number of rotatable bonds is 0. The van der Waals surface area contributed by atoms with Crippen molar-refractivity contribution < 1.29 is 9.53 Å². The first-order chi connectivity index (χ1) is 16.5. The molecule has 0 aliphatic carbocycles. The van der Waals surface area contributed by atoms with Crippen LogP contribution in [0.15, 0.2) is 48.7 Å². The first-order valence-corrected chi connectivity index (χ1v) is 11.2. The molecule has 174 valence electrons. The molecule has 2 aromatic carbocycles. The minimum Gasteiger partial charge on any atom is -0.490 e. The summed E-state index contributed by atoms with van der Waals surface area (Å²) in [5.41, 5.74) is 2.77. The summed E-state index contributed by atoms with van der Waals surface area (Å²) in [6.07, 6.45) is 1.85. The Labute approximate surface area is 202 Å². The lowest BCUT2D eigenvalue weighted by atomic mass is 10.2. The maximum Gasteiger partial charge on any atom is 0.229 e. The van der Waals surface area contributed by atoms with Gasteiger partial charge >= 0.3 is 0 Å². The Hall–Kier alpha value is -3.87. The summed E-state index contributed by atoms with van der Waals surface area (Å²) >= 11 is 6.18. The predicted molar refractivity (Wildman–Crippen MR) is 131 cm³/mol. The summed E-state index contributed by atoms with van der Waals surface area (Å²) in [6.45, 7) is 1.99. The Morgan fingerprint density at radius 2 is 2.00 bits per heavy atom. The number of nitriles is 1. The predicted octanol–water partition coefficient (Wildman–Crippen LogP) is 3.82. The number of anilines is 4. The number of amides is 1. The Morgan fingerprint density at radius 1 is 1.18 bits per heavy atom. The molecule has 0 atom stereocenters. The standard InChI is InChI=1S/C24H24ClN7O2/c1-32-10-8-22(33)27-9-11-34-21-7-4-18(25)12-20(21)30-24-28-14-17(13-26)23(31-24)29-19-5-2-16(15-32)3-6-19/h2-7,12,14H,8-11,15H2,1H3,(H,27,33)(H2,28,29,30,31). The number of nitrogens with zero attached hydrogens (tertiary/aromatic N) is 4. The monoisotopic (exact) mass is 477 g/mol. The highest BCUT2D eigenvalue weighted by atomic mass is 35.5. The van der Waals surface area contributed by atoms with E-state index < -0.39 is 0 Å². The van der Waals surface area contributed by atoms with Gasteiger partial charge in [-0.15, -0.1) is 0 Å². The van der Waals surface area contributed by atoms with Gasteiger partial charge in [0.25, 0.3) is 0 Å². The number of benzene rings is 2. The molecule has 0 unspecified atom stereocenters. The van der Waals surface area contributed by atoms with Crippen molar-refractivity contribution in [3.05, 3.63) is 64.8 Å². The normalized spacial score (nSPS) is 15.0. The van der Waals surface area contributed by atoms with Gasteiger partial charge in [-0.05, 0) is 42.9 Å². The van der Waals surface area contributed by atoms with Crippen LogP contribution in [0.2, 0.25) is 5.02 Å². The molecule has 5 rings (SSSR count). The van der Waals surface area contributed by atoms with Crippen molar-refractivity contribution in [1.82, 2.24) is 20.2 Å². The minimum absolute atomic E-state index is 0.0302. The van der Waals surface area contributed by atoms with Crippen LogP contribution < -0.4 is 20.7 Å². The van der Waals surface area contributed by atoms with Gasteiger partial charge in [0.15, 0.2) is 5.82 Å². The van der Waals surface area contributed by atoms with E-state index in [0.29, 0.717) is 53.9 Å². The molecule has 3 aromatic rings. The van der Waals surface area contributed by atoms with Gasteiger partial charge in [0.2, 0.25) is 11.9 Å². The number of aromatic nitrogens is 2. The molecule has 0 saturated carbocycles. The number of hydrogen-bond donors (Lipinski definition) is 3. The van der Waals surface area contributed by atoms with Crippen LogP contribution in [0.25, 0.3) is 0 Å². The van der Waals surface area contributed by atoms with Crippen LogP contribution in [0.4, 0.5) is 23.1 Å². The molecule has 3 heterocycles. The lowest BCUT2D eigenvalue weighted by Crippen LogP contribution is -2.31. The van der Waals surface area contributed by atoms with Crippen LogP contribution in [0.3, 0.4) is 0 Å². The van der Waals surface area contributed by atoms with Gasteiger partial charge in [0.1, 0.15) is 24.0 Å². The average Bonchev–Trinajstić information content (AvgIpc) is 2.82. The number of nitrogens with one attached hydrogen (secondary N) is 3. The van der Waals surface area contributed by atoms with Crippen molar-refractivity contribution >= 4 is 40.6 Å². The Kier molecular flexibility index (Phi) is 7.42. The molecule has 34 heavy (non-hydrogen) atoms. The van der Waals surface area contributed by atoms with Gasteiger partial charge < -0.3 is 25.6 Å². The van der Waals surface area contributed by atoms with Crippen molar-refractivity contribution in [1.29, 1.82) is 5.26 Å². The van der Waals surface area contributed by atoms with Gasteiger partial charge in [0.05, 0.1) is 18.4 Å². The highest BCUT2D eigenvalue weighted by Crippen LogP contribution is 2.30. The topological polar surface area (TPSA) is 115 Å². The molecular weight excluding hydrogens is 454 g/mol. The molecule has 2 aliphatic heterocycles. The van der Waals surface area contributed by atoms with E-state index >= 15 is 0 Å². The van der Waals surface area contributed by atoms with Crippen LogP contribution in [0.1, 0.15) is 17.5 Å². The third-order valence-electron chi connectivity index (χ3n) is 5.17. The molecule has 3 N–H and O–H groups in total. The quantitative estimate of drug-likeness (QED) is 0.447. The van der Waals surface area contributed by atoms with Crippen LogP contribution in [0, 0.1) is 11.3 Å². The third-order valence-corrected chi connectivity index (χ3v) is 5.40. The lowest BCUT2D eigenvalue weighted by molar-refractivity contribution is -0.121. The second-order valence-electron chi connectivity index (χ2n) is 7.84. The fourth-order valence-electron chi connectivity index (χ4n) is 3.42. The van der Waals surface area contributed by atoms with E-state index in [2.05, 4.69) is 36.9 Å². The minimum atomic E-state index is -0.0302. The molecule has 2 aliphatic rings. The molecule has 0 spiro atoms. The van der Waals surface area contributed by atoms with E-state index in [4.69, 9.17) is 16.3 Å². The Morgan fingerprint density at radius 3 is 2.79 bits per heavy atom. The second-order valence-corrected chi connectivity index (χ2v) is 8.28. The summed E-state index contributed by atoms with van der Waals surface area (Å²) in [5, 5.41) is 19.2. The Bertz CT molecular complexity index is 1210. The van der Waals surface area contributed by atoms with Gasteiger partial charge in [-0.1, -0.05) is 23.7 Å². The van der Waals surface area contributed by atoms with Gasteiger partial charge in [0, 0.05) is 30.2 Å². The molecule has 0 saturated heterocycles. The summed E-state index contributed by atoms with van der Waals surface area (Å²) in [7, 11) is 1.98. The van der Waals surface area contributed by atoms with E-state index in [9.17, 15) is 10.1 Å². The van der Waals surface area contributed by atoms with Gasteiger partial charge in [-0.2, -0.15) is 10.2 Å². The largest absolute Gasteiger partial charge is 0.490 e. The van der Waals surface area contributed by atoms with E-state index in [0.717, 1.165) is 11.3 Å². The zero-order valence-corrected chi connectivity index (χ0v) is 19.4. The maximum atomic E-state index is 12.2. The molecule has 1 amide bonds. The second kappa shape index (κ2) is 10.8. The average molecular weight is 478 g/mol. The van der Waals surface area contributed by atoms with Crippen molar-refractivity contribution in [2.24, 2.45) is 0 Å². The van der Waals surface area contributed by atoms with Crippen LogP contribution in [0.5, 0.6) is 5.75 Å². The van der Waals surface area contributed by atoms with E-state index in [-0.39, 0.29) is 18.5 Å². The molecule has 0 fully saturated rings. The molecule has 4 bridgehead atoms. The van der Waals surface area contributed by atoms with E-state index in [1.165, 1.54) is 6.20 Å². The fourth-order valence-corrected chi connectivity index (χ4v) is 3.59. The molecule has 10 heteroatoms. The molecule has 0 radical (unpaired) electrons. The summed E-state index contributed by atoms with van der Waals surface area (Å²) < 4.78 is 5.86. The highest BCUT2D eigenvalue weighted by Gasteiger charge is 2.12. The molecule has 9 nitrogen and oxygen atoms in total. The summed E-state index contributed by atoms with van der Waals surface area (Å²) in [5.74, 6) is 1.16. The van der Waals surface area contributed by atoms with E-state index in [1.807, 2.05) is 31.3 Å². The number of ether oxygens (including phenoxy) is 1. The number of halogens is 1. The van der Waals surface area contributed by atoms with Crippen molar-refractivity contribution in [3.8, 4) is 11.8 Å². The molecular formula is C24H24ClN7O2. The number of carbonyl (C=O) groups excluding carboxylic acids is 1. The number of hydrogen-bond acceptors (Lipinski definition) is 8.